The van der Waals surface area contributed by atoms with E-state index in [2.05, 4.69) is 24.7 Å². The van der Waals surface area contributed by atoms with Crippen LogP contribution in [-0.4, -0.2) is 87.0 Å². The van der Waals surface area contributed by atoms with E-state index in [-0.39, 0.29) is 28.5 Å². The summed E-state index contributed by atoms with van der Waals surface area (Å²) in [5.74, 6) is -0.174. The lowest BCUT2D eigenvalue weighted by atomic mass is 10.1. The van der Waals surface area contributed by atoms with Gasteiger partial charge in [0.2, 0.25) is 11.6 Å². The summed E-state index contributed by atoms with van der Waals surface area (Å²) < 4.78 is 2.45. The van der Waals surface area contributed by atoms with E-state index in [0.717, 1.165) is 38.8 Å². The molecule has 7 heteroatoms. The Morgan fingerprint density at radius 1 is 0.600 bits per heavy atom. The Morgan fingerprint density at radius 3 is 1.34 bits per heavy atom. The Hall–Kier alpha value is -1.18. The molecular weight excluding hydrogens is 504 g/mol. The average molecular weight is 555 g/mol. The van der Waals surface area contributed by atoms with Crippen LogP contribution in [0.2, 0.25) is 0 Å². The molecule has 0 atom stereocenters. The van der Waals surface area contributed by atoms with Gasteiger partial charge in [-0.2, -0.15) is 0 Å². The number of hydrogen-bond acceptors (Lipinski definition) is 4. The molecule has 2 aliphatic heterocycles. The Morgan fingerprint density at radius 2 is 0.971 bits per heavy atom. The third-order valence-corrected chi connectivity index (χ3v) is 8.25. The van der Waals surface area contributed by atoms with Gasteiger partial charge in [0, 0.05) is 25.2 Å². The predicted octanol–water partition coefficient (Wildman–Crippen LogP) is 0.691. The highest BCUT2D eigenvalue weighted by atomic mass is 79.9. The molecule has 0 bridgehead atoms. The van der Waals surface area contributed by atoms with Gasteiger partial charge >= 0.3 is 0 Å². The Labute approximate surface area is 224 Å². The van der Waals surface area contributed by atoms with Gasteiger partial charge < -0.3 is 36.6 Å². The zero-order chi connectivity index (χ0) is 24.3. The molecule has 0 aromatic rings. The van der Waals surface area contributed by atoms with E-state index < -0.39 is 0 Å². The number of carbonyl (C=O) groups excluding carboxylic acids is 2. The van der Waals surface area contributed by atoms with Gasteiger partial charge in [-0.15, -0.1) is 0 Å². The molecule has 1 aliphatic carbocycles. The number of ketones is 2. The van der Waals surface area contributed by atoms with Gasteiger partial charge in [0.05, 0.1) is 64.8 Å². The van der Waals surface area contributed by atoms with E-state index >= 15 is 0 Å². The summed E-state index contributed by atoms with van der Waals surface area (Å²) in [7, 11) is 4.78. The standard InChI is InChI=1S/C28H48N4O2.BrH/c1-31(19-11-5-12-20-31)17-9-3-7-15-29-25-23-28(34)26(24-27(25)33)30-16-8-4-10-18-32(2)21-13-6-14-22-32;/h23-24H,3-22H2,1-2H3;1H/p+1. The smallest absolute Gasteiger partial charge is 0.203 e. The number of carbonyl (C=O) groups is 2. The van der Waals surface area contributed by atoms with Gasteiger partial charge in [0.25, 0.3) is 0 Å². The van der Waals surface area contributed by atoms with Crippen molar-refractivity contribution >= 4 is 11.6 Å². The Bertz CT molecular complexity index is 675. The quantitative estimate of drug-likeness (QED) is 0.189. The highest BCUT2D eigenvalue weighted by molar-refractivity contribution is 6.19. The molecule has 2 saturated heterocycles. The summed E-state index contributed by atoms with van der Waals surface area (Å²) in [6.45, 7) is 9.32. The lowest BCUT2D eigenvalue weighted by Crippen LogP contribution is -3.00. The zero-order valence-electron chi connectivity index (χ0n) is 22.4. The van der Waals surface area contributed by atoms with Gasteiger partial charge in [0.15, 0.2) is 0 Å². The van der Waals surface area contributed by atoms with E-state index in [1.807, 2.05) is 0 Å². The second-order valence-corrected chi connectivity index (χ2v) is 11.5. The third kappa shape index (κ3) is 10.4. The molecule has 0 aromatic heterocycles. The Kier molecular flexibility index (Phi) is 13.0. The fraction of sp³-hybridized carbons (Fsp3) is 0.786. The van der Waals surface area contributed by atoms with Crippen molar-refractivity contribution < 1.29 is 35.5 Å². The zero-order valence-corrected chi connectivity index (χ0v) is 24.0. The highest BCUT2D eigenvalue weighted by Crippen LogP contribution is 2.18. The van der Waals surface area contributed by atoms with Crippen molar-refractivity contribution in [2.45, 2.75) is 77.0 Å². The SMILES string of the molecule is C[N+]1(CCCCCNC2=CC(=O)C(NCCCCC[N+]3(C)CCCCC3)=CC2=O)CCCCC1.[Br-]. The van der Waals surface area contributed by atoms with Crippen molar-refractivity contribution in [3.63, 3.8) is 0 Å². The van der Waals surface area contributed by atoms with Crippen LogP contribution in [0, 0.1) is 0 Å². The number of unbranched alkanes of at least 4 members (excludes halogenated alkanes) is 4. The summed E-state index contributed by atoms with van der Waals surface area (Å²) in [6.07, 6.45) is 18.1. The summed E-state index contributed by atoms with van der Waals surface area (Å²) >= 11 is 0. The predicted molar refractivity (Wildman–Crippen MR) is 139 cm³/mol. The number of likely N-dealkylation sites (tertiary alicyclic amines) is 2. The molecule has 35 heavy (non-hydrogen) atoms. The maximum Gasteiger partial charge on any atom is 0.203 e. The van der Waals surface area contributed by atoms with Crippen LogP contribution in [0.5, 0.6) is 0 Å². The molecule has 2 fully saturated rings. The first-order valence-corrected chi connectivity index (χ1v) is 14.1. The molecule has 0 aromatic carbocycles. The fourth-order valence-corrected chi connectivity index (χ4v) is 5.87. The normalized spacial score (nSPS) is 21.5. The molecule has 200 valence electrons. The fourth-order valence-electron chi connectivity index (χ4n) is 5.87. The summed E-state index contributed by atoms with van der Waals surface area (Å²) in [5.41, 5.74) is 0.896. The lowest BCUT2D eigenvalue weighted by molar-refractivity contribution is -0.914. The number of piperidine rings is 2. The first kappa shape index (κ1) is 30.0. The number of rotatable bonds is 14. The van der Waals surface area contributed by atoms with E-state index in [9.17, 15) is 9.59 Å². The minimum Gasteiger partial charge on any atom is -1.00 e. The van der Waals surface area contributed by atoms with Gasteiger partial charge in [-0.05, 0) is 77.0 Å². The Balaban J connectivity index is 0.00000432. The van der Waals surface area contributed by atoms with E-state index in [1.54, 1.807) is 0 Å². The number of halogens is 1. The van der Waals surface area contributed by atoms with Crippen LogP contribution in [0.25, 0.3) is 0 Å². The third-order valence-electron chi connectivity index (χ3n) is 8.25. The van der Waals surface area contributed by atoms with Gasteiger partial charge in [-0.1, -0.05) is 0 Å². The molecule has 0 radical (unpaired) electrons. The number of nitrogens with zero attached hydrogens (tertiary/aromatic N) is 2. The number of hydrogen-bond donors (Lipinski definition) is 2. The summed E-state index contributed by atoms with van der Waals surface area (Å²) in [6, 6.07) is 0. The van der Waals surface area contributed by atoms with E-state index in [0.29, 0.717) is 11.4 Å². The molecule has 2 heterocycles. The lowest BCUT2D eigenvalue weighted by Gasteiger charge is -2.37. The first-order valence-electron chi connectivity index (χ1n) is 14.1. The van der Waals surface area contributed by atoms with Crippen molar-refractivity contribution in [1.29, 1.82) is 0 Å². The van der Waals surface area contributed by atoms with Gasteiger partial charge in [-0.3, -0.25) is 9.59 Å². The van der Waals surface area contributed by atoms with Crippen LogP contribution in [0.1, 0.15) is 77.0 Å². The van der Waals surface area contributed by atoms with E-state index in [1.165, 1.54) is 112 Å². The number of nitrogens with one attached hydrogen (secondary N) is 2. The largest absolute Gasteiger partial charge is 1.00 e. The molecule has 0 saturated carbocycles. The molecule has 6 nitrogen and oxygen atoms in total. The molecular formula is C28H50BrN4O2+. The minimum absolute atomic E-state index is 0. The second-order valence-electron chi connectivity index (χ2n) is 11.5. The van der Waals surface area contributed by atoms with Crippen molar-refractivity contribution in [1.82, 2.24) is 10.6 Å². The topological polar surface area (TPSA) is 58.2 Å². The molecule has 0 amide bonds. The van der Waals surface area contributed by atoms with Crippen LogP contribution in [0.4, 0.5) is 0 Å². The van der Waals surface area contributed by atoms with Crippen molar-refractivity contribution in [2.75, 3.05) is 66.5 Å². The highest BCUT2D eigenvalue weighted by Gasteiger charge is 2.25. The maximum absolute atomic E-state index is 12.5. The van der Waals surface area contributed by atoms with Crippen LogP contribution in [0.15, 0.2) is 23.5 Å². The average Bonchev–Trinajstić information content (AvgIpc) is 2.82. The van der Waals surface area contributed by atoms with Crippen LogP contribution >= 0.6 is 0 Å². The van der Waals surface area contributed by atoms with Crippen LogP contribution in [0.3, 0.4) is 0 Å². The summed E-state index contributed by atoms with van der Waals surface area (Å²) in [5, 5.41) is 6.40. The molecule has 3 aliphatic rings. The van der Waals surface area contributed by atoms with E-state index in [4.69, 9.17) is 0 Å². The second kappa shape index (κ2) is 15.2. The minimum atomic E-state index is -0.0870. The molecule has 0 unspecified atom stereocenters. The molecule has 0 spiro atoms. The molecule has 3 rings (SSSR count). The summed E-state index contributed by atoms with van der Waals surface area (Å²) in [4.78, 5) is 24.9. The van der Waals surface area contributed by atoms with Crippen LogP contribution in [-0.2, 0) is 9.59 Å². The maximum atomic E-state index is 12.5. The molecule has 2 N–H and O–H groups in total. The van der Waals surface area contributed by atoms with Crippen LogP contribution < -0.4 is 27.6 Å². The number of quaternary nitrogens is 2. The van der Waals surface area contributed by atoms with Crippen molar-refractivity contribution in [3.8, 4) is 0 Å². The van der Waals surface area contributed by atoms with Gasteiger partial charge in [-0.25, -0.2) is 0 Å². The van der Waals surface area contributed by atoms with Crippen molar-refractivity contribution in [2.24, 2.45) is 0 Å². The van der Waals surface area contributed by atoms with Gasteiger partial charge in [0.1, 0.15) is 0 Å². The monoisotopic (exact) mass is 553 g/mol. The van der Waals surface area contributed by atoms with Crippen molar-refractivity contribution in [3.05, 3.63) is 23.5 Å². The first-order chi connectivity index (χ1) is 16.4. The number of allylic oxidation sites excluding steroid dienone is 2.